The number of rotatable bonds is 3. The summed E-state index contributed by atoms with van der Waals surface area (Å²) >= 11 is 0. The SMILES string of the molecule is CS(=O)(=O)c1cc2c(N3CCNCC3)ncnc2cc1-c1nc(N)ccc1C(F)(F)F. The molecule has 31 heavy (non-hydrogen) atoms. The number of anilines is 2. The lowest BCUT2D eigenvalue weighted by Gasteiger charge is -2.29. The Hall–Kier alpha value is -2.99. The van der Waals surface area contributed by atoms with Crippen LogP contribution >= 0.6 is 0 Å². The molecule has 0 amide bonds. The number of hydrogen-bond donors (Lipinski definition) is 2. The van der Waals surface area contributed by atoms with E-state index in [0.29, 0.717) is 29.8 Å². The molecule has 1 aliphatic rings. The van der Waals surface area contributed by atoms with E-state index in [-0.39, 0.29) is 16.3 Å². The minimum Gasteiger partial charge on any atom is -0.384 e. The second-order valence-corrected chi connectivity index (χ2v) is 9.19. The standard InChI is InChI=1S/C19H19F3N6O2S/c1-31(29,30)15-9-11-14(25-10-26-18(11)28-6-4-24-5-7-28)8-12(15)17-13(19(20,21)22)2-3-16(23)27-17/h2-3,8-10,24H,4-7H2,1H3,(H2,23,27). The van der Waals surface area contributed by atoms with E-state index in [1.807, 2.05) is 4.90 Å². The van der Waals surface area contributed by atoms with Crippen LogP contribution in [0.5, 0.6) is 0 Å². The van der Waals surface area contributed by atoms with Gasteiger partial charge in [-0.3, -0.25) is 0 Å². The van der Waals surface area contributed by atoms with E-state index < -0.39 is 27.3 Å². The Morgan fingerprint density at radius 2 is 1.84 bits per heavy atom. The fourth-order valence-electron chi connectivity index (χ4n) is 3.60. The highest BCUT2D eigenvalue weighted by Crippen LogP contribution is 2.40. The van der Waals surface area contributed by atoms with Gasteiger partial charge in [0.2, 0.25) is 0 Å². The number of nitrogen functional groups attached to an aromatic ring is 1. The van der Waals surface area contributed by atoms with Gasteiger partial charge in [-0.15, -0.1) is 0 Å². The van der Waals surface area contributed by atoms with Gasteiger partial charge < -0.3 is 16.0 Å². The van der Waals surface area contributed by atoms with Crippen LogP contribution in [0.25, 0.3) is 22.2 Å². The molecule has 1 fully saturated rings. The highest BCUT2D eigenvalue weighted by molar-refractivity contribution is 7.90. The van der Waals surface area contributed by atoms with Crippen molar-refractivity contribution in [1.82, 2.24) is 20.3 Å². The number of hydrogen-bond acceptors (Lipinski definition) is 8. The lowest BCUT2D eigenvalue weighted by atomic mass is 10.0. The fourth-order valence-corrected chi connectivity index (χ4v) is 4.49. The topological polar surface area (TPSA) is 114 Å². The van der Waals surface area contributed by atoms with E-state index in [1.54, 1.807) is 0 Å². The number of nitrogens with two attached hydrogens (primary N) is 1. The fraction of sp³-hybridized carbons (Fsp3) is 0.316. The van der Waals surface area contributed by atoms with Crippen LogP contribution in [0.2, 0.25) is 0 Å². The predicted molar refractivity (Wildman–Crippen MR) is 110 cm³/mol. The van der Waals surface area contributed by atoms with Crippen LogP contribution in [0.3, 0.4) is 0 Å². The molecule has 3 heterocycles. The Morgan fingerprint density at radius 3 is 2.48 bits per heavy atom. The van der Waals surface area contributed by atoms with Crippen LogP contribution in [0.15, 0.2) is 35.5 Å². The van der Waals surface area contributed by atoms with Gasteiger partial charge in [0, 0.05) is 43.4 Å². The van der Waals surface area contributed by atoms with Gasteiger partial charge >= 0.3 is 6.18 Å². The lowest BCUT2D eigenvalue weighted by molar-refractivity contribution is -0.137. The van der Waals surface area contributed by atoms with Crippen LogP contribution in [-0.2, 0) is 16.0 Å². The quantitative estimate of drug-likeness (QED) is 0.621. The molecule has 8 nitrogen and oxygen atoms in total. The largest absolute Gasteiger partial charge is 0.418 e. The third kappa shape index (κ3) is 4.12. The summed E-state index contributed by atoms with van der Waals surface area (Å²) in [4.78, 5) is 14.0. The maximum Gasteiger partial charge on any atom is 0.418 e. The zero-order valence-electron chi connectivity index (χ0n) is 16.4. The molecule has 0 spiro atoms. The molecule has 12 heteroatoms. The first-order valence-corrected chi connectivity index (χ1v) is 11.2. The van der Waals surface area contributed by atoms with Gasteiger partial charge in [0.1, 0.15) is 18.0 Å². The van der Waals surface area contributed by atoms with Gasteiger partial charge in [0.25, 0.3) is 0 Å². The summed E-state index contributed by atoms with van der Waals surface area (Å²) in [6.07, 6.45) is -2.51. The molecule has 164 valence electrons. The maximum atomic E-state index is 13.6. The summed E-state index contributed by atoms with van der Waals surface area (Å²) in [5.74, 6) is 0.367. The smallest absolute Gasteiger partial charge is 0.384 e. The molecule has 0 bridgehead atoms. The molecule has 2 aromatic heterocycles. The van der Waals surface area contributed by atoms with Crippen LogP contribution in [0, 0.1) is 0 Å². The minimum absolute atomic E-state index is 0.160. The first-order chi connectivity index (χ1) is 14.6. The molecule has 1 saturated heterocycles. The summed E-state index contributed by atoms with van der Waals surface area (Å²) in [5, 5.41) is 3.65. The average Bonchev–Trinajstić information content (AvgIpc) is 2.71. The van der Waals surface area contributed by atoms with E-state index in [0.717, 1.165) is 31.5 Å². The van der Waals surface area contributed by atoms with E-state index in [9.17, 15) is 21.6 Å². The zero-order valence-corrected chi connectivity index (χ0v) is 17.3. The van der Waals surface area contributed by atoms with Gasteiger partial charge in [-0.05, 0) is 24.3 Å². The zero-order chi connectivity index (χ0) is 22.4. The lowest BCUT2D eigenvalue weighted by Crippen LogP contribution is -2.44. The normalized spacial score (nSPS) is 15.4. The third-order valence-electron chi connectivity index (χ3n) is 5.01. The molecule has 3 N–H and O–H groups in total. The van der Waals surface area contributed by atoms with Gasteiger partial charge in [-0.25, -0.2) is 23.4 Å². The third-order valence-corrected chi connectivity index (χ3v) is 6.15. The molecule has 3 aromatic rings. The van der Waals surface area contributed by atoms with Crippen molar-refractivity contribution in [1.29, 1.82) is 0 Å². The van der Waals surface area contributed by atoms with Crippen LogP contribution in [0.1, 0.15) is 5.56 Å². The van der Waals surface area contributed by atoms with E-state index >= 15 is 0 Å². The first kappa shape index (κ1) is 21.2. The highest BCUT2D eigenvalue weighted by atomic mass is 32.2. The summed E-state index contributed by atoms with van der Waals surface area (Å²) in [6.45, 7) is 2.75. The Labute approximate surface area is 176 Å². The number of sulfone groups is 1. The molecule has 0 radical (unpaired) electrons. The van der Waals surface area contributed by atoms with Crippen molar-refractivity contribution < 1.29 is 21.6 Å². The Balaban J connectivity index is 2.03. The van der Waals surface area contributed by atoms with Gasteiger partial charge in [-0.1, -0.05) is 0 Å². The Bertz CT molecular complexity index is 1260. The average molecular weight is 452 g/mol. The summed E-state index contributed by atoms with van der Waals surface area (Å²) in [7, 11) is -3.93. The number of alkyl halides is 3. The number of benzene rings is 1. The van der Waals surface area contributed by atoms with Crippen LogP contribution in [0.4, 0.5) is 24.8 Å². The monoisotopic (exact) mass is 452 g/mol. The molecule has 0 atom stereocenters. The van der Waals surface area contributed by atoms with Gasteiger partial charge in [0.15, 0.2) is 9.84 Å². The number of fused-ring (bicyclic) bond motifs is 1. The number of aromatic nitrogens is 3. The van der Waals surface area contributed by atoms with Gasteiger partial charge in [-0.2, -0.15) is 13.2 Å². The minimum atomic E-state index is -4.75. The second-order valence-electron chi connectivity index (χ2n) is 7.20. The molecule has 1 aliphatic heterocycles. The van der Waals surface area contributed by atoms with Crippen LogP contribution in [-0.4, -0.2) is 55.8 Å². The number of pyridine rings is 1. The molecule has 0 saturated carbocycles. The second kappa shape index (κ2) is 7.61. The summed E-state index contributed by atoms with van der Waals surface area (Å²) in [5.41, 5.74) is 4.10. The van der Waals surface area contributed by atoms with E-state index in [4.69, 9.17) is 5.73 Å². The first-order valence-electron chi connectivity index (χ1n) is 9.34. The van der Waals surface area contributed by atoms with Crippen molar-refractivity contribution in [3.05, 3.63) is 36.2 Å². The van der Waals surface area contributed by atoms with Crippen molar-refractivity contribution in [2.24, 2.45) is 0 Å². The highest BCUT2D eigenvalue weighted by Gasteiger charge is 2.36. The molecule has 1 aromatic carbocycles. The van der Waals surface area contributed by atoms with Gasteiger partial charge in [0.05, 0.1) is 21.7 Å². The maximum absolute atomic E-state index is 13.6. The van der Waals surface area contributed by atoms with Crippen molar-refractivity contribution in [2.75, 3.05) is 43.1 Å². The molecule has 0 unspecified atom stereocenters. The number of nitrogens with zero attached hydrogens (tertiary/aromatic N) is 4. The molecule has 4 rings (SSSR count). The summed E-state index contributed by atoms with van der Waals surface area (Å²) in [6, 6.07) is 4.44. The van der Waals surface area contributed by atoms with Crippen molar-refractivity contribution in [3.63, 3.8) is 0 Å². The molecular formula is C19H19F3N6O2S. The number of nitrogens with one attached hydrogen (secondary N) is 1. The molecule has 0 aliphatic carbocycles. The Kier molecular flexibility index (Phi) is 5.21. The van der Waals surface area contributed by atoms with E-state index in [2.05, 4.69) is 20.3 Å². The number of halogens is 3. The predicted octanol–water partition coefficient (Wildman–Crippen LogP) is 2.11. The van der Waals surface area contributed by atoms with E-state index in [1.165, 1.54) is 18.5 Å². The number of piperazine rings is 1. The van der Waals surface area contributed by atoms with Crippen molar-refractivity contribution in [3.8, 4) is 11.3 Å². The molecular weight excluding hydrogens is 433 g/mol. The Morgan fingerprint density at radius 1 is 1.13 bits per heavy atom. The van der Waals surface area contributed by atoms with Crippen LogP contribution < -0.4 is 16.0 Å². The van der Waals surface area contributed by atoms with Crippen molar-refractivity contribution in [2.45, 2.75) is 11.1 Å². The summed E-state index contributed by atoms with van der Waals surface area (Å²) < 4.78 is 66.1. The van der Waals surface area contributed by atoms with Crippen molar-refractivity contribution >= 4 is 32.4 Å².